The summed E-state index contributed by atoms with van der Waals surface area (Å²) in [4.78, 5) is 12.6. The molecule has 0 spiro atoms. The predicted octanol–water partition coefficient (Wildman–Crippen LogP) is 4.83. The Balaban J connectivity index is 2.55. The molecule has 0 aliphatic heterocycles. The Kier molecular flexibility index (Phi) is 4.56. The molecule has 3 heteroatoms. The molecule has 0 aromatic heterocycles. The molecule has 0 unspecified atom stereocenters. The lowest BCUT2D eigenvalue weighted by molar-refractivity contribution is 0.103. The molecule has 0 bridgehead atoms. The Morgan fingerprint density at radius 2 is 1.85 bits per heavy atom. The van der Waals surface area contributed by atoms with Crippen LogP contribution in [0.25, 0.3) is 0 Å². The molecule has 0 fully saturated rings. The first kappa shape index (κ1) is 14.7. The summed E-state index contributed by atoms with van der Waals surface area (Å²) >= 11 is 5.91. The van der Waals surface area contributed by atoms with Crippen LogP contribution in [0, 0.1) is 5.82 Å². The van der Waals surface area contributed by atoms with Crippen molar-refractivity contribution < 1.29 is 9.18 Å². The van der Waals surface area contributed by atoms with E-state index in [1.54, 1.807) is 6.07 Å². The summed E-state index contributed by atoms with van der Waals surface area (Å²) in [6.07, 6.45) is 1.60. The van der Waals surface area contributed by atoms with Gasteiger partial charge in [0.2, 0.25) is 0 Å². The van der Waals surface area contributed by atoms with Crippen molar-refractivity contribution in [3.8, 4) is 0 Å². The van der Waals surface area contributed by atoms with Crippen molar-refractivity contribution in [3.05, 3.63) is 69.5 Å². The Bertz CT molecular complexity index is 649. The van der Waals surface area contributed by atoms with Crippen LogP contribution in [0.1, 0.15) is 40.9 Å². The van der Waals surface area contributed by atoms with Crippen LogP contribution >= 0.6 is 11.6 Å². The van der Waals surface area contributed by atoms with Crippen LogP contribution in [0.5, 0.6) is 0 Å². The van der Waals surface area contributed by atoms with Crippen molar-refractivity contribution in [2.75, 3.05) is 0 Å². The molecule has 0 saturated carbocycles. The number of hydrogen-bond donors (Lipinski definition) is 0. The second kappa shape index (κ2) is 6.19. The van der Waals surface area contributed by atoms with Crippen molar-refractivity contribution in [1.29, 1.82) is 0 Å². The first-order valence-corrected chi connectivity index (χ1v) is 7.06. The summed E-state index contributed by atoms with van der Waals surface area (Å²) in [5.41, 5.74) is 2.86. The van der Waals surface area contributed by atoms with Gasteiger partial charge in [-0.15, -0.1) is 0 Å². The van der Waals surface area contributed by atoms with E-state index in [2.05, 4.69) is 0 Å². The maximum atomic E-state index is 13.5. The largest absolute Gasteiger partial charge is 0.289 e. The molecule has 104 valence electrons. The zero-order valence-electron chi connectivity index (χ0n) is 11.5. The maximum absolute atomic E-state index is 13.5. The molecule has 0 radical (unpaired) electrons. The Hall–Kier alpha value is -1.67. The molecule has 2 aromatic carbocycles. The second-order valence-corrected chi connectivity index (χ2v) is 5.01. The molecule has 20 heavy (non-hydrogen) atoms. The van der Waals surface area contributed by atoms with Crippen LogP contribution in [0.2, 0.25) is 5.02 Å². The van der Waals surface area contributed by atoms with Crippen molar-refractivity contribution in [1.82, 2.24) is 0 Å². The molecule has 0 N–H and O–H groups in total. The topological polar surface area (TPSA) is 17.1 Å². The highest BCUT2D eigenvalue weighted by Gasteiger charge is 2.18. The van der Waals surface area contributed by atoms with E-state index in [0.29, 0.717) is 5.56 Å². The fourth-order valence-electron chi connectivity index (χ4n) is 2.19. The number of carbonyl (C=O) groups is 1. The van der Waals surface area contributed by atoms with E-state index >= 15 is 0 Å². The van der Waals surface area contributed by atoms with Gasteiger partial charge in [-0.1, -0.05) is 43.6 Å². The molecular weight excluding hydrogens is 275 g/mol. The van der Waals surface area contributed by atoms with E-state index in [4.69, 9.17) is 11.6 Å². The Morgan fingerprint density at radius 1 is 1.10 bits per heavy atom. The minimum Gasteiger partial charge on any atom is -0.289 e. The first-order valence-electron chi connectivity index (χ1n) is 6.69. The van der Waals surface area contributed by atoms with E-state index in [0.717, 1.165) is 24.0 Å². The van der Waals surface area contributed by atoms with Gasteiger partial charge in [-0.2, -0.15) is 0 Å². The van der Waals surface area contributed by atoms with Gasteiger partial charge in [0, 0.05) is 11.1 Å². The third-order valence-corrected chi connectivity index (χ3v) is 3.79. The number of rotatable bonds is 4. The Labute approximate surface area is 123 Å². The third kappa shape index (κ3) is 2.75. The molecule has 0 atom stereocenters. The average Bonchev–Trinajstić information content (AvgIpc) is 2.48. The number of halogens is 2. The number of benzene rings is 2. The second-order valence-electron chi connectivity index (χ2n) is 4.63. The van der Waals surface area contributed by atoms with Crippen LogP contribution in [0.4, 0.5) is 4.39 Å². The lowest BCUT2D eigenvalue weighted by atomic mass is 9.94. The van der Waals surface area contributed by atoms with Gasteiger partial charge < -0.3 is 0 Å². The van der Waals surface area contributed by atoms with E-state index < -0.39 is 5.82 Å². The summed E-state index contributed by atoms with van der Waals surface area (Å²) in [5, 5.41) is -0.110. The third-order valence-electron chi connectivity index (χ3n) is 3.40. The quantitative estimate of drug-likeness (QED) is 0.737. The molecule has 2 aromatic rings. The number of carbonyl (C=O) groups excluding carboxylic acids is 1. The monoisotopic (exact) mass is 290 g/mol. The fourth-order valence-corrected chi connectivity index (χ4v) is 2.40. The minimum absolute atomic E-state index is 0.110. The van der Waals surface area contributed by atoms with Crippen molar-refractivity contribution in [2.45, 2.75) is 26.7 Å². The van der Waals surface area contributed by atoms with Crippen molar-refractivity contribution in [3.63, 3.8) is 0 Å². The lowest BCUT2D eigenvalue weighted by Crippen LogP contribution is -2.07. The van der Waals surface area contributed by atoms with Gasteiger partial charge in [-0.3, -0.25) is 4.79 Å². The highest BCUT2D eigenvalue weighted by Crippen LogP contribution is 2.25. The van der Waals surface area contributed by atoms with Gasteiger partial charge in [-0.25, -0.2) is 4.39 Å². The minimum atomic E-state index is -0.567. The number of hydrogen-bond acceptors (Lipinski definition) is 1. The van der Waals surface area contributed by atoms with Gasteiger partial charge in [0.05, 0.1) is 5.02 Å². The van der Waals surface area contributed by atoms with Crippen LogP contribution < -0.4 is 0 Å². The maximum Gasteiger partial charge on any atom is 0.194 e. The van der Waals surface area contributed by atoms with Gasteiger partial charge in [-0.05, 0) is 42.2 Å². The highest BCUT2D eigenvalue weighted by atomic mass is 35.5. The molecule has 0 aliphatic rings. The highest BCUT2D eigenvalue weighted by molar-refractivity contribution is 6.35. The summed E-state index contributed by atoms with van der Waals surface area (Å²) < 4.78 is 13.5. The van der Waals surface area contributed by atoms with Crippen LogP contribution in [-0.2, 0) is 12.8 Å². The summed E-state index contributed by atoms with van der Waals surface area (Å²) in [7, 11) is 0. The fraction of sp³-hybridized carbons (Fsp3) is 0.235. The molecule has 0 saturated heterocycles. The van der Waals surface area contributed by atoms with E-state index in [9.17, 15) is 9.18 Å². The van der Waals surface area contributed by atoms with Crippen LogP contribution in [0.3, 0.4) is 0 Å². The van der Waals surface area contributed by atoms with Gasteiger partial charge >= 0.3 is 0 Å². The van der Waals surface area contributed by atoms with E-state index in [-0.39, 0.29) is 16.4 Å². The molecule has 1 nitrogen and oxygen atoms in total. The number of aryl methyl sites for hydroxylation is 2. The molecule has 0 amide bonds. The normalized spacial score (nSPS) is 10.6. The lowest BCUT2D eigenvalue weighted by Gasteiger charge is -2.10. The van der Waals surface area contributed by atoms with Crippen molar-refractivity contribution >= 4 is 17.4 Å². The van der Waals surface area contributed by atoms with Gasteiger partial charge in [0.25, 0.3) is 0 Å². The van der Waals surface area contributed by atoms with Crippen molar-refractivity contribution in [2.24, 2.45) is 0 Å². The van der Waals surface area contributed by atoms with Gasteiger partial charge in [0.1, 0.15) is 5.82 Å². The van der Waals surface area contributed by atoms with Gasteiger partial charge in [0.15, 0.2) is 5.78 Å². The zero-order valence-corrected chi connectivity index (χ0v) is 12.3. The molecular formula is C17H16ClFO. The molecule has 0 heterocycles. The smallest absolute Gasteiger partial charge is 0.194 e. The van der Waals surface area contributed by atoms with Crippen LogP contribution in [0.15, 0.2) is 36.4 Å². The molecule has 2 rings (SSSR count). The molecule has 0 aliphatic carbocycles. The summed E-state index contributed by atoms with van der Waals surface area (Å²) in [5.74, 6) is -0.788. The number of ketones is 1. The van der Waals surface area contributed by atoms with E-state index in [1.807, 2.05) is 32.0 Å². The summed E-state index contributed by atoms with van der Waals surface area (Å²) in [6, 6.07) is 10.2. The SMILES string of the molecule is CCc1ccc(CC)c(C(=O)c2cccc(F)c2Cl)c1. The standard InChI is InChI=1S/C17H16ClFO/c1-3-11-8-9-12(4-2)14(10-11)17(20)13-6-5-7-15(19)16(13)18/h5-10H,3-4H2,1-2H3. The van der Waals surface area contributed by atoms with E-state index in [1.165, 1.54) is 12.1 Å². The predicted molar refractivity (Wildman–Crippen MR) is 80.0 cm³/mol. The zero-order chi connectivity index (χ0) is 14.7. The first-order chi connectivity index (χ1) is 9.58. The summed E-state index contributed by atoms with van der Waals surface area (Å²) in [6.45, 7) is 4.02. The Morgan fingerprint density at radius 3 is 2.50 bits per heavy atom. The average molecular weight is 291 g/mol. The van der Waals surface area contributed by atoms with Crippen LogP contribution in [-0.4, -0.2) is 5.78 Å².